The molecule has 0 aliphatic carbocycles. The van der Waals surface area contributed by atoms with Gasteiger partial charge in [-0.05, 0) is 23.9 Å². The number of thioether (sulfide) groups is 1. The zero-order valence-electron chi connectivity index (χ0n) is 11.9. The highest BCUT2D eigenvalue weighted by Gasteiger charge is 2.42. The summed E-state index contributed by atoms with van der Waals surface area (Å²) in [5, 5.41) is -0.959. The lowest BCUT2D eigenvalue weighted by Gasteiger charge is -2.27. The Bertz CT molecular complexity index is 586. The standard InChI is InChI=1S/C15H16N2O4S/c18-13(16-6-8-21-9-7-16)10-12-14(19)17(15(20)22-12)11-4-2-1-3-5-11/h1-5,12H,6-10H2. The molecule has 0 N–H and O–H groups in total. The van der Waals surface area contributed by atoms with Crippen molar-refractivity contribution in [2.24, 2.45) is 0 Å². The maximum atomic E-state index is 12.4. The van der Waals surface area contributed by atoms with Gasteiger partial charge in [-0.2, -0.15) is 0 Å². The molecule has 0 radical (unpaired) electrons. The maximum absolute atomic E-state index is 12.4. The number of carbonyl (C=O) groups excluding carboxylic acids is 3. The highest BCUT2D eigenvalue weighted by Crippen LogP contribution is 2.33. The Balaban J connectivity index is 1.67. The van der Waals surface area contributed by atoms with Crippen LogP contribution in [0.4, 0.5) is 10.5 Å². The minimum atomic E-state index is -0.636. The van der Waals surface area contributed by atoms with Crippen LogP contribution in [0.2, 0.25) is 0 Å². The van der Waals surface area contributed by atoms with Crippen molar-refractivity contribution in [2.45, 2.75) is 11.7 Å². The first-order valence-corrected chi connectivity index (χ1v) is 8.00. The van der Waals surface area contributed by atoms with E-state index < -0.39 is 5.25 Å². The van der Waals surface area contributed by atoms with Crippen LogP contribution >= 0.6 is 11.8 Å². The molecule has 2 aliphatic heterocycles. The molecule has 3 rings (SSSR count). The summed E-state index contributed by atoms with van der Waals surface area (Å²) in [7, 11) is 0. The molecule has 2 aliphatic rings. The van der Waals surface area contributed by atoms with Crippen molar-refractivity contribution in [1.82, 2.24) is 4.90 Å². The number of imide groups is 1. The third-order valence-electron chi connectivity index (χ3n) is 3.66. The lowest BCUT2D eigenvalue weighted by atomic mass is 10.2. The molecule has 116 valence electrons. The lowest BCUT2D eigenvalue weighted by Crippen LogP contribution is -2.42. The number of benzene rings is 1. The molecule has 0 saturated carbocycles. The highest BCUT2D eigenvalue weighted by molar-refractivity contribution is 8.15. The maximum Gasteiger partial charge on any atom is 0.293 e. The van der Waals surface area contributed by atoms with Gasteiger partial charge < -0.3 is 9.64 Å². The molecule has 0 bridgehead atoms. The molecular weight excluding hydrogens is 304 g/mol. The van der Waals surface area contributed by atoms with E-state index >= 15 is 0 Å². The number of para-hydroxylation sites is 1. The van der Waals surface area contributed by atoms with Gasteiger partial charge >= 0.3 is 0 Å². The number of anilines is 1. The van der Waals surface area contributed by atoms with E-state index in [2.05, 4.69) is 0 Å². The summed E-state index contributed by atoms with van der Waals surface area (Å²) in [6.07, 6.45) is 0.0541. The van der Waals surface area contributed by atoms with Gasteiger partial charge in [-0.1, -0.05) is 18.2 Å². The monoisotopic (exact) mass is 320 g/mol. The van der Waals surface area contributed by atoms with E-state index in [0.29, 0.717) is 32.0 Å². The number of carbonyl (C=O) groups is 3. The summed E-state index contributed by atoms with van der Waals surface area (Å²) in [4.78, 5) is 39.6. The van der Waals surface area contributed by atoms with Crippen molar-refractivity contribution in [1.29, 1.82) is 0 Å². The van der Waals surface area contributed by atoms with Crippen LogP contribution < -0.4 is 4.90 Å². The van der Waals surface area contributed by atoms with Gasteiger partial charge in [0.05, 0.1) is 18.9 Å². The first-order valence-electron chi connectivity index (χ1n) is 7.12. The first-order chi connectivity index (χ1) is 10.7. The fourth-order valence-electron chi connectivity index (χ4n) is 2.50. The summed E-state index contributed by atoms with van der Waals surface area (Å²) in [6, 6.07) is 8.78. The van der Waals surface area contributed by atoms with Crippen molar-refractivity contribution < 1.29 is 19.1 Å². The quantitative estimate of drug-likeness (QED) is 0.844. The minimum absolute atomic E-state index is 0.0541. The molecule has 0 aromatic heterocycles. The third-order valence-corrected chi connectivity index (χ3v) is 4.70. The topological polar surface area (TPSA) is 66.9 Å². The second-order valence-electron chi connectivity index (χ2n) is 5.08. The van der Waals surface area contributed by atoms with E-state index in [-0.39, 0.29) is 23.5 Å². The van der Waals surface area contributed by atoms with Crippen LogP contribution in [-0.2, 0) is 14.3 Å². The molecule has 7 heteroatoms. The van der Waals surface area contributed by atoms with E-state index in [4.69, 9.17) is 4.74 Å². The van der Waals surface area contributed by atoms with E-state index in [1.807, 2.05) is 6.07 Å². The van der Waals surface area contributed by atoms with E-state index in [0.717, 1.165) is 16.7 Å². The zero-order chi connectivity index (χ0) is 15.5. The van der Waals surface area contributed by atoms with Crippen LogP contribution in [0.5, 0.6) is 0 Å². The fraction of sp³-hybridized carbons (Fsp3) is 0.400. The molecule has 1 aromatic carbocycles. The Hall–Kier alpha value is -1.86. The Morgan fingerprint density at radius 1 is 1.18 bits per heavy atom. The molecule has 2 heterocycles. The smallest absolute Gasteiger partial charge is 0.293 e. The van der Waals surface area contributed by atoms with Crippen LogP contribution in [0.15, 0.2) is 30.3 Å². The average molecular weight is 320 g/mol. The summed E-state index contributed by atoms with van der Waals surface area (Å²) < 4.78 is 5.20. The Kier molecular flexibility index (Phi) is 4.44. The van der Waals surface area contributed by atoms with E-state index in [1.165, 1.54) is 0 Å². The number of nitrogens with zero attached hydrogens (tertiary/aromatic N) is 2. The number of rotatable bonds is 3. The number of ether oxygens (including phenoxy) is 1. The van der Waals surface area contributed by atoms with Gasteiger partial charge in [0.15, 0.2) is 0 Å². The molecule has 6 nitrogen and oxygen atoms in total. The van der Waals surface area contributed by atoms with Gasteiger partial charge in [0.1, 0.15) is 5.25 Å². The van der Waals surface area contributed by atoms with Gasteiger partial charge in [0.2, 0.25) is 11.8 Å². The van der Waals surface area contributed by atoms with Crippen LogP contribution in [0.1, 0.15) is 6.42 Å². The van der Waals surface area contributed by atoms with Crippen LogP contribution in [0.3, 0.4) is 0 Å². The predicted octanol–water partition coefficient (Wildman–Crippen LogP) is 1.50. The molecule has 1 unspecified atom stereocenters. The number of hydrogen-bond acceptors (Lipinski definition) is 5. The normalized spacial score (nSPS) is 22.3. The van der Waals surface area contributed by atoms with Crippen molar-refractivity contribution in [2.75, 3.05) is 31.2 Å². The molecule has 22 heavy (non-hydrogen) atoms. The van der Waals surface area contributed by atoms with Crippen molar-refractivity contribution in [3.8, 4) is 0 Å². The third kappa shape index (κ3) is 3.00. The molecule has 2 fully saturated rings. The second kappa shape index (κ2) is 6.50. The van der Waals surface area contributed by atoms with Gasteiger partial charge in [-0.25, -0.2) is 4.90 Å². The second-order valence-corrected chi connectivity index (χ2v) is 6.23. The number of amides is 3. The Labute approximate surface area is 132 Å². The van der Waals surface area contributed by atoms with Gasteiger partial charge in [0.25, 0.3) is 5.24 Å². The summed E-state index contributed by atoms with van der Waals surface area (Å²) >= 11 is 0.928. The molecule has 1 atom stereocenters. The van der Waals surface area contributed by atoms with Crippen molar-refractivity contribution >= 4 is 34.5 Å². The van der Waals surface area contributed by atoms with E-state index in [1.54, 1.807) is 29.2 Å². The Morgan fingerprint density at radius 2 is 1.86 bits per heavy atom. The van der Waals surface area contributed by atoms with Crippen LogP contribution in [0, 0.1) is 0 Å². The van der Waals surface area contributed by atoms with Gasteiger partial charge in [0, 0.05) is 19.5 Å². The van der Waals surface area contributed by atoms with Gasteiger partial charge in [-0.15, -0.1) is 0 Å². The van der Waals surface area contributed by atoms with Crippen molar-refractivity contribution in [3.63, 3.8) is 0 Å². The molecule has 0 spiro atoms. The van der Waals surface area contributed by atoms with Crippen molar-refractivity contribution in [3.05, 3.63) is 30.3 Å². The Morgan fingerprint density at radius 3 is 2.55 bits per heavy atom. The fourth-order valence-corrected chi connectivity index (χ4v) is 3.47. The number of morpholine rings is 1. The highest BCUT2D eigenvalue weighted by atomic mass is 32.2. The summed E-state index contributed by atoms with van der Waals surface area (Å²) in [5.74, 6) is -0.417. The molecular formula is C15H16N2O4S. The van der Waals surface area contributed by atoms with Gasteiger partial charge in [-0.3, -0.25) is 14.4 Å². The first kappa shape index (κ1) is 15.1. The minimum Gasteiger partial charge on any atom is -0.378 e. The zero-order valence-corrected chi connectivity index (χ0v) is 12.8. The summed E-state index contributed by atoms with van der Waals surface area (Å²) in [6.45, 7) is 2.13. The molecule has 1 aromatic rings. The molecule has 3 amide bonds. The average Bonchev–Trinajstić information content (AvgIpc) is 2.83. The largest absolute Gasteiger partial charge is 0.378 e. The van der Waals surface area contributed by atoms with Crippen LogP contribution in [0.25, 0.3) is 0 Å². The van der Waals surface area contributed by atoms with Crippen LogP contribution in [-0.4, -0.2) is 53.5 Å². The van der Waals surface area contributed by atoms with E-state index in [9.17, 15) is 14.4 Å². The SMILES string of the molecule is O=C(CC1SC(=O)N(c2ccccc2)C1=O)N1CCOCC1. The summed E-state index contributed by atoms with van der Waals surface area (Å²) in [5.41, 5.74) is 0.548. The number of hydrogen-bond donors (Lipinski definition) is 0. The predicted molar refractivity (Wildman–Crippen MR) is 82.7 cm³/mol. The lowest BCUT2D eigenvalue weighted by molar-refractivity contribution is -0.136. The molecule has 2 saturated heterocycles.